The number of likely N-dealkylation sites (tertiary alicyclic amines) is 2. The molecule has 0 aliphatic carbocycles. The first-order valence-electron chi connectivity index (χ1n) is 22.8. The molecule has 2 fully saturated rings. The minimum absolute atomic E-state index is 0.0215. The number of piperidine rings is 2. The molecule has 6 aromatic rings. The van der Waals surface area contributed by atoms with Gasteiger partial charge in [0.1, 0.15) is 41.9 Å². The lowest BCUT2D eigenvalue weighted by Crippen LogP contribution is -2.40. The lowest BCUT2D eigenvalue weighted by atomic mass is 9.86. The topological polar surface area (TPSA) is 270 Å². The lowest BCUT2D eigenvalue weighted by molar-refractivity contribution is 0.0693. The van der Waals surface area contributed by atoms with Crippen molar-refractivity contribution < 1.29 is 44.0 Å². The van der Waals surface area contributed by atoms with Gasteiger partial charge in [0, 0.05) is 56.2 Å². The van der Waals surface area contributed by atoms with Crippen LogP contribution in [-0.2, 0) is 22.7 Å². The van der Waals surface area contributed by atoms with Crippen LogP contribution < -0.4 is 22.5 Å². The zero-order valence-corrected chi connectivity index (χ0v) is 40.3. The van der Waals surface area contributed by atoms with E-state index in [1.807, 2.05) is 60.7 Å². The van der Waals surface area contributed by atoms with Crippen LogP contribution in [0.1, 0.15) is 80.5 Å². The number of phenolic OH excluding ortho intramolecular Hbond substituents is 2. The van der Waals surface area contributed by atoms with E-state index >= 15 is 0 Å². The second-order valence-electron chi connectivity index (χ2n) is 16.3. The smallest absolute Gasteiger partial charge is 0.410 e. The van der Waals surface area contributed by atoms with Gasteiger partial charge in [0.2, 0.25) is 7.26 Å². The number of benzene rings is 4. The summed E-state index contributed by atoms with van der Waals surface area (Å²) in [6.07, 6.45) is 2.08. The highest BCUT2D eigenvalue weighted by Gasteiger charge is 2.32. The van der Waals surface area contributed by atoms with E-state index in [1.165, 1.54) is 20.2 Å². The van der Waals surface area contributed by atoms with Gasteiger partial charge in [-0.3, -0.25) is 4.79 Å². The van der Waals surface area contributed by atoms with Gasteiger partial charge in [-0.2, -0.15) is 0 Å². The number of amides is 3. The summed E-state index contributed by atoms with van der Waals surface area (Å²) in [6.45, 7) is 2.16. The predicted octanol–water partition coefficient (Wildman–Crippen LogP) is 8.05. The number of nitrogens with zero attached hydrogens (tertiary/aromatic N) is 4. The second-order valence-corrected chi connectivity index (χ2v) is 16.3. The fourth-order valence-electron chi connectivity index (χ4n) is 8.49. The molecular weight excluding hydrogens is 927 g/mol. The number of carbonyl (C=O) groups is 4. The molecule has 2 unspecified atom stereocenters. The molecule has 10 N–H and O–H groups in total. The number of nitrogens with one attached hydrogen (secondary N) is 1. The van der Waals surface area contributed by atoms with E-state index in [0.29, 0.717) is 78.2 Å². The van der Waals surface area contributed by atoms with Crippen LogP contribution in [0, 0.1) is 0 Å². The molecule has 2 atom stereocenters. The number of carboxylic acid groups (broad SMARTS) is 1. The number of aromatic carboxylic acids is 1. The van der Waals surface area contributed by atoms with Crippen LogP contribution in [0.5, 0.6) is 11.5 Å². The third-order valence-electron chi connectivity index (χ3n) is 11.8. The summed E-state index contributed by atoms with van der Waals surface area (Å²) in [7, 11) is 7.01. The Kier molecular flexibility index (Phi) is 20.4. The van der Waals surface area contributed by atoms with Gasteiger partial charge in [-0.25, -0.2) is 35.8 Å². The SMILES string of the molecule is CN.CNC(=O)c1c(C2CCCN(C(=O)OCc3ccccc3)C2)cc(-c2ccccc2O)nc1N.Nc1nc(-c2ccccc2O)cc(C2CCCN(C(=O)OCc3ccccc3)C2)c1C(=O)O.[B]Cl. The Hall–Kier alpha value is -7.83. The van der Waals surface area contributed by atoms with Crippen LogP contribution in [-0.4, -0.2) is 107 Å². The number of phenols is 2. The number of para-hydroxylation sites is 2. The van der Waals surface area contributed by atoms with Crippen LogP contribution in [0.4, 0.5) is 21.2 Å². The highest BCUT2D eigenvalue weighted by atomic mass is 35.5. The molecule has 19 heteroatoms. The van der Waals surface area contributed by atoms with Crippen molar-refractivity contribution in [3.63, 3.8) is 0 Å². The molecule has 17 nitrogen and oxygen atoms in total. The number of ether oxygens (including phenoxy) is 2. The number of aromatic hydroxyl groups is 2. The summed E-state index contributed by atoms with van der Waals surface area (Å²) in [5.74, 6) is -1.86. The zero-order valence-electron chi connectivity index (χ0n) is 39.5. The molecule has 3 amide bonds. The number of hydrogen-bond donors (Lipinski definition) is 7. The first-order valence-corrected chi connectivity index (χ1v) is 23.2. The molecular formula is C52H58BClN8O9. The number of nitrogen functional groups attached to an aromatic ring is 2. The van der Waals surface area contributed by atoms with Gasteiger partial charge in [-0.05, 0) is 91.4 Å². The Bertz CT molecular complexity index is 2740. The van der Waals surface area contributed by atoms with E-state index < -0.39 is 18.2 Å². The maximum absolute atomic E-state index is 12.8. The molecule has 2 radical (unpaired) electrons. The molecule has 0 bridgehead atoms. The normalized spacial score (nSPS) is 14.9. The van der Waals surface area contributed by atoms with Gasteiger partial charge in [-0.1, -0.05) is 84.9 Å². The van der Waals surface area contributed by atoms with E-state index in [4.69, 9.17) is 20.9 Å². The van der Waals surface area contributed by atoms with Crippen molar-refractivity contribution in [1.29, 1.82) is 0 Å². The molecule has 2 saturated heterocycles. The van der Waals surface area contributed by atoms with Gasteiger partial charge in [-0.15, -0.1) is 0 Å². The number of rotatable bonds is 10. The minimum Gasteiger partial charge on any atom is -0.507 e. The van der Waals surface area contributed by atoms with Gasteiger partial charge in [0.15, 0.2) is 0 Å². The van der Waals surface area contributed by atoms with Crippen LogP contribution in [0.15, 0.2) is 121 Å². The number of hydrogen-bond acceptors (Lipinski definition) is 13. The fraction of sp³-hybridized carbons (Fsp3) is 0.269. The Morgan fingerprint density at radius 3 is 1.42 bits per heavy atom. The van der Waals surface area contributed by atoms with Crippen molar-refractivity contribution >= 4 is 54.4 Å². The standard InChI is InChI=1S/C26H28N4O4.C25H25N3O5.CH5N.BCl/c1-28-25(32)23-20(14-21(29-24(23)27)19-11-5-6-12-22(19)31)18-10-7-13-30(15-18)26(33)34-16-17-8-3-2-4-9-17;26-23-22(24(30)31)19(13-20(27-23)18-10-4-5-11-21(18)29)17-9-6-12-28(14-17)25(32)33-15-16-7-2-1-3-8-16;2*1-2/h2-6,8-9,11-12,14,18,31H,7,10,13,15-16H2,1H3,(H2,27,29)(H,28,32);1-5,7-8,10-11,13,17,29H,6,9,12,14-15H2,(H2,26,27)(H,30,31);2H2,1H3;. The minimum atomic E-state index is -1.18. The van der Waals surface area contributed by atoms with Crippen molar-refractivity contribution in [3.05, 3.63) is 155 Å². The molecule has 2 aromatic heterocycles. The number of nitrogens with two attached hydrogens (primary N) is 3. The highest BCUT2D eigenvalue weighted by molar-refractivity contribution is 6.80. The summed E-state index contributed by atoms with van der Waals surface area (Å²) in [5.41, 5.74) is 21.8. The second kappa shape index (κ2) is 26.8. The number of halogens is 1. The number of aromatic nitrogens is 2. The van der Waals surface area contributed by atoms with Gasteiger partial charge in [0.25, 0.3) is 5.91 Å². The van der Waals surface area contributed by atoms with Crippen LogP contribution in [0.2, 0.25) is 0 Å². The van der Waals surface area contributed by atoms with Crippen molar-refractivity contribution in [2.75, 3.05) is 51.7 Å². The Labute approximate surface area is 418 Å². The number of anilines is 2. The summed E-state index contributed by atoms with van der Waals surface area (Å²) < 4.78 is 11.0. The molecule has 2 aliphatic rings. The van der Waals surface area contributed by atoms with Gasteiger partial charge < -0.3 is 57.1 Å². The van der Waals surface area contributed by atoms with Gasteiger partial charge >= 0.3 is 18.2 Å². The number of carboxylic acids is 1. The van der Waals surface area contributed by atoms with E-state index in [2.05, 4.69) is 39.7 Å². The highest BCUT2D eigenvalue weighted by Crippen LogP contribution is 2.38. The zero-order chi connectivity index (χ0) is 51.5. The van der Waals surface area contributed by atoms with Crippen molar-refractivity contribution in [1.82, 2.24) is 25.1 Å². The Morgan fingerprint density at radius 1 is 0.648 bits per heavy atom. The molecule has 8 rings (SSSR count). The lowest BCUT2D eigenvalue weighted by Gasteiger charge is -2.33. The van der Waals surface area contributed by atoms with Crippen molar-refractivity contribution in [3.8, 4) is 34.0 Å². The third kappa shape index (κ3) is 14.1. The van der Waals surface area contributed by atoms with E-state index in [1.54, 1.807) is 64.4 Å². The maximum Gasteiger partial charge on any atom is 0.410 e. The summed E-state index contributed by atoms with van der Waals surface area (Å²) in [4.78, 5) is 62.1. The number of pyridine rings is 2. The third-order valence-corrected chi connectivity index (χ3v) is 11.8. The monoisotopic (exact) mass is 984 g/mol. The van der Waals surface area contributed by atoms with Crippen molar-refractivity contribution in [2.45, 2.75) is 50.7 Å². The molecule has 370 valence electrons. The van der Waals surface area contributed by atoms with Crippen LogP contribution in [0.3, 0.4) is 0 Å². The summed E-state index contributed by atoms with van der Waals surface area (Å²) in [5, 5.41) is 33.0. The van der Waals surface area contributed by atoms with Crippen molar-refractivity contribution in [2.24, 2.45) is 5.73 Å². The summed E-state index contributed by atoms with van der Waals surface area (Å²) in [6, 6.07) is 35.9. The van der Waals surface area contributed by atoms with E-state index in [-0.39, 0.29) is 59.7 Å². The molecule has 4 heterocycles. The van der Waals surface area contributed by atoms with Crippen LogP contribution >= 0.6 is 11.5 Å². The van der Waals surface area contributed by atoms with Crippen LogP contribution in [0.25, 0.3) is 22.5 Å². The molecule has 71 heavy (non-hydrogen) atoms. The molecule has 4 aromatic carbocycles. The molecule has 0 spiro atoms. The maximum atomic E-state index is 12.8. The quantitative estimate of drug-likeness (QED) is 0.0641. The first kappa shape index (κ1) is 54.1. The fourth-order valence-corrected chi connectivity index (χ4v) is 8.49. The Morgan fingerprint density at radius 2 is 1.03 bits per heavy atom. The van der Waals surface area contributed by atoms with Gasteiger partial charge in [0.05, 0.1) is 17.0 Å². The number of carbonyl (C=O) groups excluding carboxylic acids is 3. The predicted molar refractivity (Wildman–Crippen MR) is 274 cm³/mol. The average molecular weight is 985 g/mol. The first-order chi connectivity index (χ1) is 34.4. The Balaban J connectivity index is 0.000000247. The average Bonchev–Trinajstić information content (AvgIpc) is 3.41. The summed E-state index contributed by atoms with van der Waals surface area (Å²) >= 11 is 4.14. The van der Waals surface area contributed by atoms with E-state index in [9.17, 15) is 34.5 Å². The van der Waals surface area contributed by atoms with E-state index in [0.717, 1.165) is 24.0 Å². The largest absolute Gasteiger partial charge is 0.507 e. The molecule has 0 saturated carbocycles. The molecule has 2 aliphatic heterocycles.